The number of hydrogen-bond donors (Lipinski definition) is 0. The molecule has 5 aromatic rings. The number of benzene rings is 4. The molecule has 0 atom stereocenters. The fourth-order valence-electron chi connectivity index (χ4n) is 3.72. The van der Waals surface area contributed by atoms with Crippen LogP contribution in [0.2, 0.25) is 0 Å². The summed E-state index contributed by atoms with van der Waals surface area (Å²) in [7, 11) is 1.67. The van der Waals surface area contributed by atoms with Gasteiger partial charge in [0.2, 0.25) is 0 Å². The molecular weight excluding hydrogens is 346 g/mol. The number of nitrogens with zero attached hydrogens (tertiary/aromatic N) is 1. The molecule has 3 nitrogen and oxygen atoms in total. The molecule has 0 aliphatic heterocycles. The van der Waals surface area contributed by atoms with Crippen LogP contribution in [0.1, 0.15) is 5.56 Å². The van der Waals surface area contributed by atoms with Gasteiger partial charge in [-0.1, -0.05) is 66.7 Å². The third kappa shape index (κ3) is 2.72. The van der Waals surface area contributed by atoms with Gasteiger partial charge in [-0.3, -0.25) is 4.98 Å². The Kier molecular flexibility index (Phi) is 4.06. The predicted octanol–water partition coefficient (Wildman–Crippen LogP) is 6.13. The topological polar surface area (TPSA) is 31.4 Å². The average molecular weight is 365 g/mol. The van der Waals surface area contributed by atoms with Crippen LogP contribution in [0.4, 0.5) is 0 Å². The minimum atomic E-state index is 0.478. The molecule has 0 unspecified atom stereocenters. The summed E-state index contributed by atoms with van der Waals surface area (Å²) < 4.78 is 11.8. The lowest BCUT2D eigenvalue weighted by atomic mass is 10.0. The molecule has 0 fully saturated rings. The smallest absolute Gasteiger partial charge is 0.171 e. The summed E-state index contributed by atoms with van der Waals surface area (Å²) in [5.74, 6) is 1.44. The van der Waals surface area contributed by atoms with E-state index >= 15 is 0 Å². The number of rotatable bonds is 4. The van der Waals surface area contributed by atoms with E-state index in [0.717, 1.165) is 38.4 Å². The zero-order chi connectivity index (χ0) is 18.9. The highest BCUT2D eigenvalue weighted by Gasteiger charge is 2.14. The van der Waals surface area contributed by atoms with E-state index in [-0.39, 0.29) is 0 Å². The second kappa shape index (κ2) is 6.86. The van der Waals surface area contributed by atoms with Gasteiger partial charge in [0.05, 0.1) is 12.6 Å². The maximum atomic E-state index is 6.20. The first-order valence-corrected chi connectivity index (χ1v) is 9.29. The zero-order valence-electron chi connectivity index (χ0n) is 15.6. The van der Waals surface area contributed by atoms with E-state index in [1.807, 2.05) is 30.5 Å². The van der Waals surface area contributed by atoms with E-state index in [9.17, 15) is 0 Å². The normalized spacial score (nSPS) is 11.2. The van der Waals surface area contributed by atoms with Crippen molar-refractivity contribution in [1.82, 2.24) is 4.98 Å². The van der Waals surface area contributed by atoms with Crippen molar-refractivity contribution in [3.63, 3.8) is 0 Å². The van der Waals surface area contributed by atoms with Crippen LogP contribution in [-0.2, 0) is 6.61 Å². The minimum absolute atomic E-state index is 0.478. The van der Waals surface area contributed by atoms with Crippen molar-refractivity contribution in [3.05, 3.63) is 90.6 Å². The number of methoxy groups -OCH3 is 1. The predicted molar refractivity (Wildman–Crippen MR) is 114 cm³/mol. The Hall–Kier alpha value is -3.59. The maximum absolute atomic E-state index is 6.20. The lowest BCUT2D eigenvalue weighted by Gasteiger charge is -2.15. The van der Waals surface area contributed by atoms with Gasteiger partial charge >= 0.3 is 0 Å². The van der Waals surface area contributed by atoms with Gasteiger partial charge in [-0.25, -0.2) is 0 Å². The second-order valence-electron chi connectivity index (χ2n) is 6.77. The van der Waals surface area contributed by atoms with Crippen LogP contribution >= 0.6 is 0 Å². The largest absolute Gasteiger partial charge is 0.493 e. The van der Waals surface area contributed by atoms with Crippen molar-refractivity contribution in [3.8, 4) is 11.5 Å². The number of hydrogen-bond acceptors (Lipinski definition) is 3. The van der Waals surface area contributed by atoms with Gasteiger partial charge in [0.15, 0.2) is 11.5 Å². The van der Waals surface area contributed by atoms with Gasteiger partial charge in [-0.2, -0.15) is 0 Å². The summed E-state index contributed by atoms with van der Waals surface area (Å²) in [5.41, 5.74) is 2.12. The van der Waals surface area contributed by atoms with Crippen molar-refractivity contribution in [2.24, 2.45) is 0 Å². The second-order valence-corrected chi connectivity index (χ2v) is 6.77. The molecule has 0 amide bonds. The van der Waals surface area contributed by atoms with Crippen LogP contribution in [0.25, 0.3) is 32.4 Å². The maximum Gasteiger partial charge on any atom is 0.171 e. The van der Waals surface area contributed by atoms with Crippen molar-refractivity contribution in [2.75, 3.05) is 7.11 Å². The van der Waals surface area contributed by atoms with Crippen molar-refractivity contribution >= 4 is 32.4 Å². The molecule has 0 aliphatic rings. The van der Waals surface area contributed by atoms with Gasteiger partial charge in [0, 0.05) is 22.4 Å². The Morgan fingerprint density at radius 1 is 0.714 bits per heavy atom. The molecule has 1 heterocycles. The van der Waals surface area contributed by atoms with E-state index in [4.69, 9.17) is 14.5 Å². The first kappa shape index (κ1) is 16.6. The van der Waals surface area contributed by atoms with Gasteiger partial charge < -0.3 is 9.47 Å². The highest BCUT2D eigenvalue weighted by atomic mass is 16.5. The molecule has 0 spiro atoms. The Balaban J connectivity index is 1.70. The van der Waals surface area contributed by atoms with Crippen molar-refractivity contribution < 1.29 is 9.47 Å². The van der Waals surface area contributed by atoms with Gasteiger partial charge in [0.1, 0.15) is 6.61 Å². The van der Waals surface area contributed by atoms with E-state index in [0.29, 0.717) is 12.4 Å². The molecule has 0 bridgehead atoms. The summed E-state index contributed by atoms with van der Waals surface area (Å²) in [6, 6.07) is 26.8. The minimum Gasteiger partial charge on any atom is -0.493 e. The zero-order valence-corrected chi connectivity index (χ0v) is 15.6. The molecule has 5 rings (SSSR count). The van der Waals surface area contributed by atoms with E-state index < -0.39 is 0 Å². The Morgan fingerprint density at radius 2 is 1.50 bits per heavy atom. The Labute approximate surface area is 163 Å². The molecule has 3 heteroatoms. The summed E-state index contributed by atoms with van der Waals surface area (Å²) in [6.07, 6.45) is 1.90. The monoisotopic (exact) mass is 365 g/mol. The van der Waals surface area contributed by atoms with Gasteiger partial charge in [-0.05, 0) is 28.5 Å². The summed E-state index contributed by atoms with van der Waals surface area (Å²) in [4.78, 5) is 4.79. The third-order valence-electron chi connectivity index (χ3n) is 5.12. The van der Waals surface area contributed by atoms with Crippen molar-refractivity contribution in [1.29, 1.82) is 0 Å². The first-order chi connectivity index (χ1) is 13.8. The number of fused-ring (bicyclic) bond motifs is 5. The van der Waals surface area contributed by atoms with E-state index in [1.54, 1.807) is 7.11 Å². The average Bonchev–Trinajstić information content (AvgIpc) is 2.77. The Morgan fingerprint density at radius 3 is 2.36 bits per heavy atom. The number of pyridine rings is 1. The first-order valence-electron chi connectivity index (χ1n) is 9.29. The number of ether oxygens (including phenoxy) is 2. The van der Waals surface area contributed by atoms with Gasteiger partial charge in [-0.15, -0.1) is 0 Å². The lowest BCUT2D eigenvalue weighted by molar-refractivity contribution is 0.288. The van der Waals surface area contributed by atoms with E-state index in [2.05, 4.69) is 54.6 Å². The third-order valence-corrected chi connectivity index (χ3v) is 5.12. The SMILES string of the molecule is COc1ccc2c(cnc3c4ccccc4ccc23)c1OCc1ccccc1. The molecule has 4 aromatic carbocycles. The molecule has 0 saturated carbocycles. The van der Waals surface area contributed by atoms with Crippen molar-refractivity contribution in [2.45, 2.75) is 6.61 Å². The quantitative estimate of drug-likeness (QED) is 0.359. The number of aromatic nitrogens is 1. The van der Waals surface area contributed by atoms with Crippen LogP contribution in [0.5, 0.6) is 11.5 Å². The summed E-state index contributed by atoms with van der Waals surface area (Å²) in [6.45, 7) is 0.478. The highest BCUT2D eigenvalue weighted by molar-refractivity contribution is 6.16. The summed E-state index contributed by atoms with van der Waals surface area (Å²) in [5, 5.41) is 5.53. The van der Waals surface area contributed by atoms with E-state index in [1.165, 1.54) is 5.39 Å². The van der Waals surface area contributed by atoms with Crippen LogP contribution in [0.3, 0.4) is 0 Å². The fraction of sp³-hybridized carbons (Fsp3) is 0.0800. The summed E-state index contributed by atoms with van der Waals surface area (Å²) >= 11 is 0. The molecule has 28 heavy (non-hydrogen) atoms. The Bertz CT molecular complexity index is 1300. The van der Waals surface area contributed by atoms with Gasteiger partial charge in [0.25, 0.3) is 0 Å². The van der Waals surface area contributed by atoms with Crippen LogP contribution in [0.15, 0.2) is 85.1 Å². The molecule has 0 radical (unpaired) electrons. The van der Waals surface area contributed by atoms with Crippen LogP contribution in [0, 0.1) is 0 Å². The molecular formula is C25H19NO2. The fourth-order valence-corrected chi connectivity index (χ4v) is 3.72. The lowest BCUT2D eigenvalue weighted by Crippen LogP contribution is -1.99. The highest BCUT2D eigenvalue weighted by Crippen LogP contribution is 2.39. The molecule has 136 valence electrons. The molecule has 0 saturated heterocycles. The van der Waals surface area contributed by atoms with Crippen LogP contribution in [-0.4, -0.2) is 12.1 Å². The van der Waals surface area contributed by atoms with Crippen LogP contribution < -0.4 is 9.47 Å². The molecule has 0 N–H and O–H groups in total. The molecule has 1 aromatic heterocycles. The molecule has 0 aliphatic carbocycles. The standard InChI is InChI=1S/C25H19NO2/c1-27-23-14-13-20-21-12-11-18-9-5-6-10-19(18)24(21)26-15-22(20)25(23)28-16-17-7-3-2-4-8-17/h2-15H,16H2,1H3.